The van der Waals surface area contributed by atoms with Crippen LogP contribution in [0.3, 0.4) is 0 Å². The van der Waals surface area contributed by atoms with E-state index < -0.39 is 27.6 Å². The van der Waals surface area contributed by atoms with Crippen molar-refractivity contribution in [1.29, 1.82) is 0 Å². The fourth-order valence-electron chi connectivity index (χ4n) is 3.52. The molecule has 1 aliphatic rings. The van der Waals surface area contributed by atoms with E-state index in [9.17, 15) is 13.4 Å². The molecule has 1 aromatic heterocycles. The minimum Gasteiger partial charge on any atom is -0.479 e. The van der Waals surface area contributed by atoms with E-state index >= 15 is 0 Å². The number of nitrogens with zero attached hydrogens (tertiary/aromatic N) is 3. The van der Waals surface area contributed by atoms with Gasteiger partial charge in [-0.05, 0) is 44.0 Å². The van der Waals surface area contributed by atoms with E-state index in [0.29, 0.717) is 40.4 Å². The van der Waals surface area contributed by atoms with Crippen LogP contribution >= 0.6 is 0 Å². The molecule has 1 N–H and O–H groups in total. The van der Waals surface area contributed by atoms with Gasteiger partial charge in [-0.1, -0.05) is 6.07 Å². The maximum Gasteiger partial charge on any atom is 0.344 e. The largest absolute Gasteiger partial charge is 0.479 e. The van der Waals surface area contributed by atoms with Crippen LogP contribution in [-0.4, -0.2) is 42.9 Å². The number of carbonyl (C=O) groups is 1. The molecule has 0 saturated carbocycles. The Kier molecular flexibility index (Phi) is 5.62. The van der Waals surface area contributed by atoms with Gasteiger partial charge in [0.2, 0.25) is 0 Å². The molecule has 0 spiro atoms. The van der Waals surface area contributed by atoms with Gasteiger partial charge >= 0.3 is 5.97 Å². The van der Waals surface area contributed by atoms with E-state index in [2.05, 4.69) is 14.3 Å². The molecule has 2 heterocycles. The second-order valence-corrected chi connectivity index (χ2v) is 10.2. The van der Waals surface area contributed by atoms with Crippen molar-refractivity contribution in [3.63, 3.8) is 0 Å². The highest BCUT2D eigenvalue weighted by Gasteiger charge is 2.20. The first-order valence-corrected chi connectivity index (χ1v) is 11.7. The molecule has 31 heavy (non-hydrogen) atoms. The van der Waals surface area contributed by atoms with Gasteiger partial charge in [-0.15, -0.1) is 0 Å². The smallest absolute Gasteiger partial charge is 0.344 e. The Morgan fingerprint density at radius 2 is 2.06 bits per heavy atom. The molecule has 2 aromatic carbocycles. The van der Waals surface area contributed by atoms with Gasteiger partial charge in [0.05, 0.1) is 26.6 Å². The molecule has 0 amide bonds. The summed E-state index contributed by atoms with van der Waals surface area (Å²) in [7, 11) is -2.13. The predicted molar refractivity (Wildman–Crippen MR) is 116 cm³/mol. The van der Waals surface area contributed by atoms with Gasteiger partial charge in [0.1, 0.15) is 17.9 Å². The third kappa shape index (κ3) is 4.51. The number of rotatable bonds is 6. The fraction of sp³-hybridized carbons (Fsp3) is 0.318. The second kappa shape index (κ2) is 8.22. The Morgan fingerprint density at radius 1 is 1.29 bits per heavy atom. The zero-order valence-corrected chi connectivity index (χ0v) is 18.0. The quantitative estimate of drug-likeness (QED) is 0.617. The molecule has 4 rings (SSSR count). The van der Waals surface area contributed by atoms with Gasteiger partial charge in [0, 0.05) is 34.9 Å². The SMILES string of the molecule is Cc1cc(N=S2(=O)CCC2)cc2ncnc(Cc3ccc(F)cc3O[C@H](C)C(=O)O)c12. The lowest BCUT2D eigenvalue weighted by Gasteiger charge is -2.18. The molecule has 3 aromatic rings. The molecule has 0 radical (unpaired) electrons. The Morgan fingerprint density at radius 3 is 2.74 bits per heavy atom. The first-order chi connectivity index (χ1) is 14.7. The fourth-order valence-corrected chi connectivity index (χ4v) is 4.97. The molecule has 7 nitrogen and oxygen atoms in total. The molecule has 9 heteroatoms. The predicted octanol–water partition coefficient (Wildman–Crippen LogP) is 4.02. The number of hydrogen-bond acceptors (Lipinski definition) is 6. The van der Waals surface area contributed by atoms with Crippen LogP contribution in [-0.2, 0) is 20.9 Å². The number of aryl methyl sites for hydroxylation is 1. The number of carboxylic acid groups (broad SMARTS) is 1. The van der Waals surface area contributed by atoms with Crippen molar-refractivity contribution in [1.82, 2.24) is 9.97 Å². The summed E-state index contributed by atoms with van der Waals surface area (Å²) < 4.78 is 36.2. The molecule has 162 valence electrons. The number of benzene rings is 2. The van der Waals surface area contributed by atoms with Crippen molar-refractivity contribution in [3.05, 3.63) is 59.3 Å². The van der Waals surface area contributed by atoms with Crippen LogP contribution in [0.1, 0.15) is 30.2 Å². The monoisotopic (exact) mass is 443 g/mol. The number of halogens is 1. The summed E-state index contributed by atoms with van der Waals surface area (Å²) in [5.74, 6) is -0.244. The molecule has 1 fully saturated rings. The lowest BCUT2D eigenvalue weighted by Crippen LogP contribution is -2.23. The molecule has 0 aliphatic carbocycles. The van der Waals surface area contributed by atoms with Crippen LogP contribution in [0.15, 0.2) is 41.0 Å². The third-order valence-corrected chi connectivity index (χ3v) is 7.63. The molecular formula is C22H22FN3O4S. The van der Waals surface area contributed by atoms with Crippen LogP contribution in [0.4, 0.5) is 10.1 Å². The van der Waals surface area contributed by atoms with Crippen LogP contribution in [0.25, 0.3) is 10.9 Å². The summed E-state index contributed by atoms with van der Waals surface area (Å²) in [5, 5.41) is 9.96. The number of carboxylic acids is 1. The maximum atomic E-state index is 13.8. The summed E-state index contributed by atoms with van der Waals surface area (Å²) in [6.45, 7) is 3.30. The lowest BCUT2D eigenvalue weighted by atomic mass is 10.0. The highest BCUT2D eigenvalue weighted by atomic mass is 32.2. The Balaban J connectivity index is 1.74. The van der Waals surface area contributed by atoms with Crippen molar-refractivity contribution in [3.8, 4) is 5.75 Å². The van der Waals surface area contributed by atoms with Gasteiger partial charge in [0.15, 0.2) is 6.10 Å². The Labute approximate surface area is 179 Å². The standard InChI is InChI=1S/C22H22FN3O4S/c1-13-8-17(26-31(29)6-3-7-31)11-19-21(13)18(24-12-25-19)9-15-4-5-16(23)10-20(15)30-14(2)22(27)28/h4-5,8,10-12,14H,3,6-7,9H2,1-2H3,(H,27,28)/t14-/m1/s1. The average Bonchev–Trinajstić information content (AvgIpc) is 2.68. The molecular weight excluding hydrogens is 421 g/mol. The zero-order chi connectivity index (χ0) is 22.2. The van der Waals surface area contributed by atoms with Crippen LogP contribution in [0.5, 0.6) is 5.75 Å². The summed E-state index contributed by atoms with van der Waals surface area (Å²) in [4.78, 5) is 19.9. The van der Waals surface area contributed by atoms with Gasteiger partial charge in [0.25, 0.3) is 0 Å². The van der Waals surface area contributed by atoms with Crippen molar-refractivity contribution < 1.29 is 23.2 Å². The van der Waals surface area contributed by atoms with Gasteiger partial charge < -0.3 is 9.84 Å². The van der Waals surface area contributed by atoms with E-state index in [4.69, 9.17) is 9.84 Å². The zero-order valence-electron chi connectivity index (χ0n) is 17.2. The van der Waals surface area contributed by atoms with Gasteiger partial charge in [-0.3, -0.25) is 0 Å². The van der Waals surface area contributed by atoms with Crippen molar-refractivity contribution in [2.24, 2.45) is 4.36 Å². The van der Waals surface area contributed by atoms with Crippen LogP contribution < -0.4 is 4.74 Å². The minimum absolute atomic E-state index is 0.160. The first-order valence-electron chi connectivity index (χ1n) is 9.89. The molecule has 0 unspecified atom stereocenters. The third-order valence-electron chi connectivity index (χ3n) is 5.24. The van der Waals surface area contributed by atoms with E-state index in [0.717, 1.165) is 17.4 Å². The minimum atomic E-state index is -2.13. The summed E-state index contributed by atoms with van der Waals surface area (Å²) >= 11 is 0. The number of aliphatic carboxylic acids is 1. The van der Waals surface area contributed by atoms with Gasteiger partial charge in [-0.2, -0.15) is 4.36 Å². The second-order valence-electron chi connectivity index (χ2n) is 7.63. The molecule has 0 bridgehead atoms. The lowest BCUT2D eigenvalue weighted by molar-refractivity contribution is -0.144. The number of fused-ring (bicyclic) bond motifs is 1. The Bertz CT molecular complexity index is 1290. The van der Waals surface area contributed by atoms with Crippen LogP contribution in [0.2, 0.25) is 0 Å². The van der Waals surface area contributed by atoms with E-state index in [1.165, 1.54) is 25.4 Å². The highest BCUT2D eigenvalue weighted by molar-refractivity contribution is 7.95. The van der Waals surface area contributed by atoms with Crippen molar-refractivity contribution in [2.45, 2.75) is 32.8 Å². The maximum absolute atomic E-state index is 13.8. The molecule has 1 aliphatic heterocycles. The Hall–Kier alpha value is -3.07. The normalized spacial score (nSPS) is 15.8. The average molecular weight is 444 g/mol. The number of ether oxygens (including phenoxy) is 1. The highest BCUT2D eigenvalue weighted by Crippen LogP contribution is 2.31. The van der Waals surface area contributed by atoms with Crippen LogP contribution in [0, 0.1) is 12.7 Å². The van der Waals surface area contributed by atoms with E-state index in [1.54, 1.807) is 12.1 Å². The summed E-state index contributed by atoms with van der Waals surface area (Å²) in [6.07, 6.45) is 1.55. The number of aromatic nitrogens is 2. The van der Waals surface area contributed by atoms with E-state index in [1.807, 2.05) is 13.0 Å². The summed E-state index contributed by atoms with van der Waals surface area (Å²) in [6, 6.07) is 7.71. The van der Waals surface area contributed by atoms with Crippen molar-refractivity contribution >= 4 is 32.3 Å². The molecule has 1 saturated heterocycles. The van der Waals surface area contributed by atoms with Crippen molar-refractivity contribution in [2.75, 3.05) is 11.5 Å². The summed E-state index contributed by atoms with van der Waals surface area (Å²) in [5.41, 5.74) is 3.51. The first kappa shape index (κ1) is 21.2. The van der Waals surface area contributed by atoms with E-state index in [-0.39, 0.29) is 5.75 Å². The molecule has 1 atom stereocenters. The number of hydrogen-bond donors (Lipinski definition) is 1. The topological polar surface area (TPSA) is 102 Å². The van der Waals surface area contributed by atoms with Gasteiger partial charge in [-0.25, -0.2) is 23.4 Å².